The normalized spacial score (nSPS) is 20.9. The van der Waals surface area contributed by atoms with Crippen molar-refractivity contribution in [1.29, 1.82) is 0 Å². The summed E-state index contributed by atoms with van der Waals surface area (Å²) in [5.41, 5.74) is 0. The second-order valence-corrected chi connectivity index (χ2v) is 6.57. The molecule has 0 aromatic rings. The van der Waals surface area contributed by atoms with E-state index in [0.717, 1.165) is 12.8 Å². The first-order chi connectivity index (χ1) is 8.07. The molecule has 0 aliphatic heterocycles. The Balaban J connectivity index is 2.52. The molecule has 0 aromatic carbocycles. The number of hydrogen-bond donors (Lipinski definition) is 1. The van der Waals surface area contributed by atoms with E-state index >= 15 is 0 Å². The first-order valence-electron chi connectivity index (χ1n) is 6.32. The van der Waals surface area contributed by atoms with Gasteiger partial charge in [-0.15, -0.1) is 0 Å². The molecule has 1 aliphatic carbocycles. The molecule has 0 spiro atoms. The smallest absolute Gasteiger partial charge is 0.238 e. The van der Waals surface area contributed by atoms with E-state index in [9.17, 15) is 9.00 Å². The SMILES string of the molecule is CC(C(=O)N(C)C1CCCCC1)S(=O)CCO. The molecule has 2 unspecified atom stereocenters. The molecule has 1 N–H and O–H groups in total. The third kappa shape index (κ3) is 4.07. The molecule has 0 heterocycles. The van der Waals surface area contributed by atoms with E-state index in [1.165, 1.54) is 19.3 Å². The Morgan fingerprint density at radius 1 is 1.41 bits per heavy atom. The predicted octanol–water partition coefficient (Wildman–Crippen LogP) is 0.907. The second kappa shape index (κ2) is 7.11. The van der Waals surface area contributed by atoms with Gasteiger partial charge < -0.3 is 10.0 Å². The van der Waals surface area contributed by atoms with Crippen LogP contribution in [0, 0.1) is 0 Å². The lowest BCUT2D eigenvalue weighted by Crippen LogP contribution is -2.44. The van der Waals surface area contributed by atoms with Crippen molar-refractivity contribution in [3.05, 3.63) is 0 Å². The molecular weight excluding hydrogens is 238 g/mol. The van der Waals surface area contributed by atoms with Crippen molar-refractivity contribution in [2.24, 2.45) is 0 Å². The summed E-state index contributed by atoms with van der Waals surface area (Å²) in [5, 5.41) is 8.23. The van der Waals surface area contributed by atoms with E-state index in [1.54, 1.807) is 11.8 Å². The lowest BCUT2D eigenvalue weighted by molar-refractivity contribution is -0.131. The van der Waals surface area contributed by atoms with Crippen LogP contribution >= 0.6 is 0 Å². The molecular formula is C12H23NO3S. The van der Waals surface area contributed by atoms with Crippen molar-refractivity contribution in [3.63, 3.8) is 0 Å². The van der Waals surface area contributed by atoms with Crippen molar-refractivity contribution in [2.75, 3.05) is 19.4 Å². The van der Waals surface area contributed by atoms with E-state index in [0.29, 0.717) is 6.04 Å². The summed E-state index contributed by atoms with van der Waals surface area (Å²) in [6.45, 7) is 1.56. The molecule has 5 heteroatoms. The molecule has 1 rings (SSSR count). The fraction of sp³-hybridized carbons (Fsp3) is 0.917. The van der Waals surface area contributed by atoms with Gasteiger partial charge in [-0.05, 0) is 19.8 Å². The Hall–Kier alpha value is -0.420. The highest BCUT2D eigenvalue weighted by molar-refractivity contribution is 7.86. The Bertz CT molecular complexity index is 277. The van der Waals surface area contributed by atoms with Crippen molar-refractivity contribution in [3.8, 4) is 0 Å². The van der Waals surface area contributed by atoms with Gasteiger partial charge in [0.15, 0.2) is 0 Å². The molecule has 1 saturated carbocycles. The van der Waals surface area contributed by atoms with Crippen molar-refractivity contribution < 1.29 is 14.1 Å². The highest BCUT2D eigenvalue weighted by Crippen LogP contribution is 2.22. The van der Waals surface area contributed by atoms with Crippen LogP contribution in [0.2, 0.25) is 0 Å². The maximum atomic E-state index is 12.1. The molecule has 1 amide bonds. The maximum Gasteiger partial charge on any atom is 0.238 e. The van der Waals surface area contributed by atoms with Gasteiger partial charge in [0.05, 0.1) is 6.61 Å². The lowest BCUT2D eigenvalue weighted by Gasteiger charge is -2.32. The predicted molar refractivity (Wildman–Crippen MR) is 69.2 cm³/mol. The summed E-state index contributed by atoms with van der Waals surface area (Å²) in [5.74, 6) is 0.134. The fourth-order valence-electron chi connectivity index (χ4n) is 2.31. The lowest BCUT2D eigenvalue weighted by atomic mass is 9.94. The average Bonchev–Trinajstić information content (AvgIpc) is 2.37. The summed E-state index contributed by atoms with van der Waals surface area (Å²) in [6.07, 6.45) is 5.72. The van der Waals surface area contributed by atoms with E-state index < -0.39 is 16.0 Å². The Labute approximate surface area is 106 Å². The topological polar surface area (TPSA) is 57.6 Å². The molecule has 1 aliphatic rings. The van der Waals surface area contributed by atoms with Gasteiger partial charge in [0.1, 0.15) is 5.25 Å². The largest absolute Gasteiger partial charge is 0.395 e. The molecule has 2 atom stereocenters. The molecule has 0 bridgehead atoms. The van der Waals surface area contributed by atoms with Gasteiger partial charge in [-0.2, -0.15) is 0 Å². The minimum Gasteiger partial charge on any atom is -0.395 e. The number of aliphatic hydroxyl groups excluding tert-OH is 1. The first kappa shape index (κ1) is 14.6. The van der Waals surface area contributed by atoms with Crippen LogP contribution in [0.1, 0.15) is 39.0 Å². The number of aliphatic hydroxyl groups is 1. The Morgan fingerprint density at radius 3 is 2.53 bits per heavy atom. The number of rotatable bonds is 5. The minimum absolute atomic E-state index is 0.0521. The second-order valence-electron chi connectivity index (χ2n) is 4.69. The molecule has 0 aromatic heterocycles. The van der Waals surface area contributed by atoms with E-state index in [2.05, 4.69) is 0 Å². The molecule has 0 radical (unpaired) electrons. The molecule has 17 heavy (non-hydrogen) atoms. The highest BCUT2D eigenvalue weighted by atomic mass is 32.2. The maximum absolute atomic E-state index is 12.1. The van der Waals surface area contributed by atoms with Gasteiger partial charge in [-0.25, -0.2) is 0 Å². The van der Waals surface area contributed by atoms with Gasteiger partial charge in [-0.3, -0.25) is 9.00 Å². The number of carbonyl (C=O) groups is 1. The third-order valence-electron chi connectivity index (χ3n) is 3.50. The Morgan fingerprint density at radius 2 is 2.00 bits per heavy atom. The summed E-state index contributed by atoms with van der Waals surface area (Å²) < 4.78 is 11.7. The number of nitrogens with zero attached hydrogens (tertiary/aromatic N) is 1. The Kier molecular flexibility index (Phi) is 6.12. The number of carbonyl (C=O) groups excluding carboxylic acids is 1. The molecule has 0 saturated heterocycles. The molecule has 4 nitrogen and oxygen atoms in total. The van der Waals surface area contributed by atoms with Gasteiger partial charge in [0, 0.05) is 29.6 Å². The summed E-state index contributed by atoms with van der Waals surface area (Å²) in [7, 11) is 0.549. The quantitative estimate of drug-likeness (QED) is 0.800. The highest BCUT2D eigenvalue weighted by Gasteiger charge is 2.28. The fourth-order valence-corrected chi connectivity index (χ4v) is 3.24. The van der Waals surface area contributed by atoms with Crippen molar-refractivity contribution in [1.82, 2.24) is 4.90 Å². The zero-order valence-corrected chi connectivity index (χ0v) is 11.5. The van der Waals surface area contributed by atoms with Gasteiger partial charge >= 0.3 is 0 Å². The van der Waals surface area contributed by atoms with Crippen LogP contribution in [0.3, 0.4) is 0 Å². The third-order valence-corrected chi connectivity index (χ3v) is 5.08. The van der Waals surface area contributed by atoms with Crippen LogP contribution in [0.15, 0.2) is 0 Å². The van der Waals surface area contributed by atoms with Gasteiger partial charge in [0.25, 0.3) is 0 Å². The standard InChI is InChI=1S/C12H23NO3S/c1-10(17(16)9-8-14)12(15)13(2)11-6-4-3-5-7-11/h10-11,14H,3-9H2,1-2H3. The monoisotopic (exact) mass is 261 g/mol. The average molecular weight is 261 g/mol. The van der Waals surface area contributed by atoms with Crippen molar-refractivity contribution in [2.45, 2.75) is 50.3 Å². The van der Waals surface area contributed by atoms with Crippen LogP contribution in [0.5, 0.6) is 0 Å². The molecule has 1 fully saturated rings. The van der Waals surface area contributed by atoms with E-state index in [1.807, 2.05) is 7.05 Å². The summed E-state index contributed by atoms with van der Waals surface area (Å²) in [4.78, 5) is 13.9. The zero-order valence-electron chi connectivity index (χ0n) is 10.7. The number of hydrogen-bond acceptors (Lipinski definition) is 3. The van der Waals surface area contributed by atoms with Crippen LogP contribution in [0.4, 0.5) is 0 Å². The van der Waals surface area contributed by atoms with Gasteiger partial charge in [-0.1, -0.05) is 19.3 Å². The van der Waals surface area contributed by atoms with Crippen LogP contribution in [-0.4, -0.2) is 50.8 Å². The minimum atomic E-state index is -1.26. The first-order valence-corrected chi connectivity index (χ1v) is 7.71. The van der Waals surface area contributed by atoms with E-state index in [4.69, 9.17) is 5.11 Å². The van der Waals surface area contributed by atoms with E-state index in [-0.39, 0.29) is 18.3 Å². The zero-order chi connectivity index (χ0) is 12.8. The number of amides is 1. The van der Waals surface area contributed by atoms with Crippen LogP contribution in [0.25, 0.3) is 0 Å². The van der Waals surface area contributed by atoms with Crippen LogP contribution < -0.4 is 0 Å². The summed E-state index contributed by atoms with van der Waals surface area (Å²) >= 11 is 0. The summed E-state index contributed by atoms with van der Waals surface area (Å²) in [6, 6.07) is 0.310. The van der Waals surface area contributed by atoms with Gasteiger partial charge in [0.2, 0.25) is 5.91 Å². The molecule has 100 valence electrons. The van der Waals surface area contributed by atoms with Crippen LogP contribution in [-0.2, 0) is 15.6 Å². The van der Waals surface area contributed by atoms with Crippen molar-refractivity contribution >= 4 is 16.7 Å².